The topological polar surface area (TPSA) is 37.3 Å². The summed E-state index contributed by atoms with van der Waals surface area (Å²) in [6.07, 6.45) is 16.8. The van der Waals surface area contributed by atoms with E-state index in [0.717, 1.165) is 25.7 Å². The van der Waals surface area contributed by atoms with Crippen molar-refractivity contribution >= 4 is 5.97 Å². The van der Waals surface area contributed by atoms with Crippen LogP contribution in [0.5, 0.6) is 0 Å². The number of aliphatic carboxylic acids is 1. The molecule has 0 aliphatic carbocycles. The lowest BCUT2D eigenvalue weighted by molar-refractivity contribution is -0.137. The molecule has 2 nitrogen and oxygen atoms in total. The number of halogens is 1. The predicted octanol–water partition coefficient (Wildman–Crippen LogP) is 5.89. The summed E-state index contributed by atoms with van der Waals surface area (Å²) in [6, 6.07) is 0. The first kappa shape index (κ1) is 19.4. The molecule has 0 saturated carbocycles. The van der Waals surface area contributed by atoms with Crippen LogP contribution in [-0.4, -0.2) is 17.8 Å². The molecule has 0 aliphatic rings. The fourth-order valence-electron chi connectivity index (χ4n) is 2.49. The Morgan fingerprint density at radius 3 is 1.20 bits per heavy atom. The molecule has 0 aromatic heterocycles. The van der Waals surface area contributed by atoms with Crippen molar-refractivity contribution in [1.82, 2.24) is 0 Å². The molecule has 0 aromatic rings. The lowest BCUT2D eigenvalue weighted by atomic mass is 10.0. The standard InChI is InChI=1S/C17H33FO2/c18-16-14-12-10-8-6-4-2-1-3-5-7-9-11-13-15-17(19)20/h1-16H2,(H,19,20). The van der Waals surface area contributed by atoms with Crippen molar-refractivity contribution < 1.29 is 14.3 Å². The Labute approximate surface area is 124 Å². The van der Waals surface area contributed by atoms with Gasteiger partial charge in [0.1, 0.15) is 0 Å². The molecule has 0 fully saturated rings. The zero-order chi connectivity index (χ0) is 14.9. The van der Waals surface area contributed by atoms with E-state index in [2.05, 4.69) is 0 Å². The van der Waals surface area contributed by atoms with Crippen molar-refractivity contribution in [2.45, 2.75) is 96.3 Å². The molecule has 0 amide bonds. The number of carbonyl (C=O) groups is 1. The molecule has 120 valence electrons. The van der Waals surface area contributed by atoms with E-state index < -0.39 is 5.97 Å². The van der Waals surface area contributed by atoms with Crippen molar-refractivity contribution in [3.63, 3.8) is 0 Å². The van der Waals surface area contributed by atoms with Crippen LogP contribution in [0.15, 0.2) is 0 Å². The van der Waals surface area contributed by atoms with Gasteiger partial charge in [0.05, 0.1) is 6.67 Å². The molecule has 0 rings (SSSR count). The number of hydrogen-bond donors (Lipinski definition) is 1. The molecule has 3 heteroatoms. The van der Waals surface area contributed by atoms with Crippen molar-refractivity contribution in [3.8, 4) is 0 Å². The maximum atomic E-state index is 11.8. The maximum Gasteiger partial charge on any atom is 0.303 e. The zero-order valence-corrected chi connectivity index (χ0v) is 13.0. The molecular formula is C17H33FO2. The summed E-state index contributed by atoms with van der Waals surface area (Å²) in [6.45, 7) is -0.156. The predicted molar refractivity (Wildman–Crippen MR) is 82.9 cm³/mol. The van der Waals surface area contributed by atoms with Gasteiger partial charge in [0.15, 0.2) is 0 Å². The SMILES string of the molecule is O=C(O)CCCCCCCCCCCCCCCCF. The average Bonchev–Trinajstić information content (AvgIpc) is 2.43. The number of unbranched alkanes of at least 4 members (excludes halogenated alkanes) is 13. The first-order valence-corrected chi connectivity index (χ1v) is 8.55. The fourth-order valence-corrected chi connectivity index (χ4v) is 2.49. The third-order valence-electron chi connectivity index (χ3n) is 3.77. The highest BCUT2D eigenvalue weighted by atomic mass is 19.1. The monoisotopic (exact) mass is 288 g/mol. The Hall–Kier alpha value is -0.600. The lowest BCUT2D eigenvalue weighted by Gasteiger charge is -2.02. The summed E-state index contributed by atoms with van der Waals surface area (Å²) in [4.78, 5) is 10.3. The van der Waals surface area contributed by atoms with Crippen LogP contribution in [0.25, 0.3) is 0 Å². The third-order valence-corrected chi connectivity index (χ3v) is 3.77. The van der Waals surface area contributed by atoms with Crippen LogP contribution >= 0.6 is 0 Å². The number of carboxylic acids is 1. The van der Waals surface area contributed by atoms with Crippen molar-refractivity contribution in [2.24, 2.45) is 0 Å². The lowest BCUT2D eigenvalue weighted by Crippen LogP contribution is -1.93. The first-order chi connectivity index (χ1) is 9.77. The Bertz CT molecular complexity index is 207. The molecule has 0 saturated heterocycles. The van der Waals surface area contributed by atoms with Gasteiger partial charge < -0.3 is 5.11 Å². The van der Waals surface area contributed by atoms with Crippen molar-refractivity contribution in [3.05, 3.63) is 0 Å². The minimum atomic E-state index is -0.672. The maximum absolute atomic E-state index is 11.8. The second-order valence-corrected chi connectivity index (χ2v) is 5.78. The molecule has 0 bridgehead atoms. The van der Waals surface area contributed by atoms with Gasteiger partial charge in [-0.25, -0.2) is 0 Å². The third kappa shape index (κ3) is 17.4. The van der Waals surface area contributed by atoms with Crippen molar-refractivity contribution in [2.75, 3.05) is 6.67 Å². The van der Waals surface area contributed by atoms with E-state index in [4.69, 9.17) is 5.11 Å². The molecule has 0 radical (unpaired) electrons. The normalized spacial score (nSPS) is 10.8. The summed E-state index contributed by atoms with van der Waals surface area (Å²) >= 11 is 0. The van der Waals surface area contributed by atoms with Gasteiger partial charge >= 0.3 is 5.97 Å². The van der Waals surface area contributed by atoms with Gasteiger partial charge in [-0.05, 0) is 12.8 Å². The molecule has 0 aromatic carbocycles. The molecular weight excluding hydrogens is 255 g/mol. The van der Waals surface area contributed by atoms with Gasteiger partial charge in [-0.2, -0.15) is 0 Å². The van der Waals surface area contributed by atoms with E-state index in [1.54, 1.807) is 0 Å². The van der Waals surface area contributed by atoms with E-state index in [-0.39, 0.29) is 6.67 Å². The fraction of sp³-hybridized carbons (Fsp3) is 0.941. The van der Waals surface area contributed by atoms with E-state index in [9.17, 15) is 9.18 Å². The van der Waals surface area contributed by atoms with Crippen molar-refractivity contribution in [1.29, 1.82) is 0 Å². The second-order valence-electron chi connectivity index (χ2n) is 5.78. The van der Waals surface area contributed by atoms with Gasteiger partial charge in [0.2, 0.25) is 0 Å². The molecule has 0 heterocycles. The van der Waals surface area contributed by atoms with Gasteiger partial charge in [-0.3, -0.25) is 9.18 Å². The highest BCUT2D eigenvalue weighted by molar-refractivity contribution is 5.66. The van der Waals surface area contributed by atoms with Gasteiger partial charge in [-0.1, -0.05) is 77.0 Å². The minimum Gasteiger partial charge on any atom is -0.481 e. The van der Waals surface area contributed by atoms with Crippen LogP contribution in [-0.2, 0) is 4.79 Å². The van der Waals surface area contributed by atoms with Crippen LogP contribution in [0, 0.1) is 0 Å². The van der Waals surface area contributed by atoms with Crippen LogP contribution in [0.1, 0.15) is 96.3 Å². The quantitative estimate of drug-likeness (QED) is 0.359. The zero-order valence-electron chi connectivity index (χ0n) is 13.0. The summed E-state index contributed by atoms with van der Waals surface area (Å²) in [5.41, 5.74) is 0. The molecule has 20 heavy (non-hydrogen) atoms. The number of carboxylic acid groups (broad SMARTS) is 1. The molecule has 0 atom stereocenters. The number of alkyl halides is 1. The molecule has 0 unspecified atom stereocenters. The molecule has 0 spiro atoms. The summed E-state index contributed by atoms with van der Waals surface area (Å²) in [7, 11) is 0. The minimum absolute atomic E-state index is 0.156. The Morgan fingerprint density at radius 1 is 0.600 bits per heavy atom. The van der Waals surface area contributed by atoms with Gasteiger partial charge in [0.25, 0.3) is 0 Å². The van der Waals surface area contributed by atoms with Gasteiger partial charge in [0, 0.05) is 6.42 Å². The molecule has 0 aliphatic heterocycles. The Balaban J connectivity index is 2.94. The average molecular weight is 288 g/mol. The summed E-state index contributed by atoms with van der Waals surface area (Å²) in [5.74, 6) is -0.672. The summed E-state index contributed by atoms with van der Waals surface area (Å²) < 4.78 is 11.8. The number of rotatable bonds is 16. The van der Waals surface area contributed by atoms with Crippen LogP contribution < -0.4 is 0 Å². The highest BCUT2D eigenvalue weighted by Gasteiger charge is 1.97. The van der Waals surface area contributed by atoms with Crippen LogP contribution in [0.2, 0.25) is 0 Å². The smallest absolute Gasteiger partial charge is 0.303 e. The van der Waals surface area contributed by atoms with E-state index in [1.807, 2.05) is 0 Å². The largest absolute Gasteiger partial charge is 0.481 e. The second kappa shape index (κ2) is 16.5. The number of hydrogen-bond acceptors (Lipinski definition) is 1. The van der Waals surface area contributed by atoms with Crippen LogP contribution in [0.4, 0.5) is 4.39 Å². The molecule has 1 N–H and O–H groups in total. The Morgan fingerprint density at radius 2 is 0.900 bits per heavy atom. The van der Waals surface area contributed by atoms with Crippen LogP contribution in [0.3, 0.4) is 0 Å². The summed E-state index contributed by atoms with van der Waals surface area (Å²) in [5, 5.41) is 8.50. The first-order valence-electron chi connectivity index (χ1n) is 8.55. The van der Waals surface area contributed by atoms with E-state index in [1.165, 1.54) is 64.2 Å². The van der Waals surface area contributed by atoms with E-state index >= 15 is 0 Å². The highest BCUT2D eigenvalue weighted by Crippen LogP contribution is 2.13. The van der Waals surface area contributed by atoms with Gasteiger partial charge in [-0.15, -0.1) is 0 Å². The Kier molecular flexibility index (Phi) is 16.0. The van der Waals surface area contributed by atoms with E-state index in [0.29, 0.717) is 6.42 Å².